The molecule has 1 saturated heterocycles. The van der Waals surface area contributed by atoms with Crippen LogP contribution in [0.15, 0.2) is 18.2 Å². The molecule has 0 radical (unpaired) electrons. The Kier molecular flexibility index (Phi) is 3.50. The summed E-state index contributed by atoms with van der Waals surface area (Å²) in [5.74, 6) is 0.0283. The largest absolute Gasteiger partial charge is 0.311 e. The van der Waals surface area contributed by atoms with E-state index in [9.17, 15) is 4.39 Å². The van der Waals surface area contributed by atoms with Crippen molar-refractivity contribution in [1.82, 2.24) is 5.32 Å². The maximum atomic E-state index is 13.8. The molecule has 3 heteroatoms. The number of hydrogen-bond acceptors (Lipinski definition) is 1. The fraction of sp³-hybridized carbons (Fsp3) is 0.538. The van der Waals surface area contributed by atoms with Gasteiger partial charge in [0.1, 0.15) is 5.82 Å². The minimum atomic E-state index is -0.174. The predicted octanol–water partition coefficient (Wildman–Crippen LogP) is 3.72. The van der Waals surface area contributed by atoms with Gasteiger partial charge in [-0.25, -0.2) is 4.39 Å². The molecule has 1 heterocycles. The highest BCUT2D eigenvalue weighted by molar-refractivity contribution is 6.31. The van der Waals surface area contributed by atoms with E-state index in [1.54, 1.807) is 12.1 Å². The molecule has 1 aromatic carbocycles. The van der Waals surface area contributed by atoms with E-state index in [0.29, 0.717) is 22.7 Å². The predicted molar refractivity (Wildman–Crippen MR) is 65.4 cm³/mol. The number of benzene rings is 1. The van der Waals surface area contributed by atoms with Gasteiger partial charge in [0.25, 0.3) is 0 Å². The zero-order valence-corrected chi connectivity index (χ0v) is 10.4. The Morgan fingerprint density at radius 1 is 1.50 bits per heavy atom. The van der Waals surface area contributed by atoms with Gasteiger partial charge < -0.3 is 5.32 Å². The average Bonchev–Trinajstić information content (AvgIpc) is 2.59. The van der Waals surface area contributed by atoms with Crippen molar-refractivity contribution >= 4 is 11.6 Å². The second kappa shape index (κ2) is 4.72. The van der Waals surface area contributed by atoms with Crippen LogP contribution >= 0.6 is 11.6 Å². The van der Waals surface area contributed by atoms with Crippen LogP contribution in [0.25, 0.3) is 0 Å². The van der Waals surface area contributed by atoms with E-state index < -0.39 is 0 Å². The van der Waals surface area contributed by atoms with Crippen LogP contribution in [-0.2, 0) is 0 Å². The van der Waals surface area contributed by atoms with E-state index in [2.05, 4.69) is 19.2 Å². The Balaban J connectivity index is 2.36. The SMILES string of the molecule is CCC1NC(C)CC1c1c(F)cccc1Cl. The number of rotatable bonds is 2. The second-order valence-corrected chi connectivity index (χ2v) is 4.97. The summed E-state index contributed by atoms with van der Waals surface area (Å²) < 4.78 is 13.8. The molecule has 3 unspecified atom stereocenters. The highest BCUT2D eigenvalue weighted by Gasteiger charge is 2.33. The van der Waals surface area contributed by atoms with Crippen molar-refractivity contribution in [2.45, 2.75) is 44.7 Å². The van der Waals surface area contributed by atoms with E-state index in [1.807, 2.05) is 0 Å². The molecule has 0 bridgehead atoms. The number of halogens is 2. The van der Waals surface area contributed by atoms with Crippen molar-refractivity contribution in [1.29, 1.82) is 0 Å². The van der Waals surface area contributed by atoms with Gasteiger partial charge in [-0.05, 0) is 31.9 Å². The Bertz CT molecular complexity index is 360. The van der Waals surface area contributed by atoms with Gasteiger partial charge in [-0.1, -0.05) is 24.6 Å². The lowest BCUT2D eigenvalue weighted by Crippen LogP contribution is -2.28. The maximum Gasteiger partial charge on any atom is 0.128 e. The molecule has 0 aliphatic carbocycles. The van der Waals surface area contributed by atoms with Crippen LogP contribution in [0.5, 0.6) is 0 Å². The van der Waals surface area contributed by atoms with Crippen molar-refractivity contribution in [2.24, 2.45) is 0 Å². The molecule has 1 aliphatic rings. The van der Waals surface area contributed by atoms with Gasteiger partial charge in [0.15, 0.2) is 0 Å². The summed E-state index contributed by atoms with van der Waals surface area (Å²) in [4.78, 5) is 0. The number of nitrogens with one attached hydrogen (secondary N) is 1. The van der Waals surface area contributed by atoms with E-state index in [0.717, 1.165) is 12.8 Å². The summed E-state index contributed by atoms with van der Waals surface area (Å²) >= 11 is 6.11. The molecule has 1 nitrogen and oxygen atoms in total. The van der Waals surface area contributed by atoms with Crippen LogP contribution < -0.4 is 5.32 Å². The zero-order valence-electron chi connectivity index (χ0n) is 9.63. The van der Waals surface area contributed by atoms with Crippen molar-refractivity contribution in [3.05, 3.63) is 34.6 Å². The van der Waals surface area contributed by atoms with E-state index in [4.69, 9.17) is 11.6 Å². The van der Waals surface area contributed by atoms with Crippen molar-refractivity contribution in [2.75, 3.05) is 0 Å². The van der Waals surface area contributed by atoms with E-state index in [-0.39, 0.29) is 11.7 Å². The normalized spacial score (nSPS) is 29.6. The lowest BCUT2D eigenvalue weighted by atomic mass is 9.89. The average molecular weight is 242 g/mol. The molecule has 1 fully saturated rings. The molecule has 88 valence electrons. The molecule has 1 N–H and O–H groups in total. The van der Waals surface area contributed by atoms with E-state index in [1.165, 1.54) is 6.07 Å². The summed E-state index contributed by atoms with van der Waals surface area (Å²) in [6.45, 7) is 4.26. The van der Waals surface area contributed by atoms with Crippen LogP contribution in [0.3, 0.4) is 0 Å². The zero-order chi connectivity index (χ0) is 11.7. The fourth-order valence-corrected chi connectivity index (χ4v) is 2.98. The first-order valence-electron chi connectivity index (χ1n) is 5.83. The molecular weight excluding hydrogens is 225 g/mol. The molecule has 0 aromatic heterocycles. The third kappa shape index (κ3) is 2.09. The van der Waals surface area contributed by atoms with E-state index >= 15 is 0 Å². The van der Waals surface area contributed by atoms with Gasteiger partial charge in [-0.2, -0.15) is 0 Å². The quantitative estimate of drug-likeness (QED) is 0.832. The summed E-state index contributed by atoms with van der Waals surface area (Å²) in [5.41, 5.74) is 0.688. The molecule has 1 aliphatic heterocycles. The first-order valence-corrected chi connectivity index (χ1v) is 6.21. The van der Waals surface area contributed by atoms with Crippen LogP contribution in [0.1, 0.15) is 38.2 Å². The van der Waals surface area contributed by atoms with Gasteiger partial charge in [0.2, 0.25) is 0 Å². The van der Waals surface area contributed by atoms with Crippen molar-refractivity contribution < 1.29 is 4.39 Å². The monoisotopic (exact) mass is 241 g/mol. The Morgan fingerprint density at radius 2 is 2.25 bits per heavy atom. The van der Waals surface area contributed by atoms with Crippen LogP contribution in [0.4, 0.5) is 4.39 Å². The third-order valence-electron chi connectivity index (χ3n) is 3.40. The van der Waals surface area contributed by atoms with Gasteiger partial charge in [0.05, 0.1) is 0 Å². The lowest BCUT2D eigenvalue weighted by Gasteiger charge is -2.19. The summed E-state index contributed by atoms with van der Waals surface area (Å²) in [7, 11) is 0. The Labute approximate surface area is 101 Å². The smallest absolute Gasteiger partial charge is 0.128 e. The van der Waals surface area contributed by atoms with Crippen molar-refractivity contribution in [3.63, 3.8) is 0 Å². The first-order chi connectivity index (χ1) is 7.63. The van der Waals surface area contributed by atoms with Gasteiger partial charge in [0, 0.05) is 28.6 Å². The maximum absolute atomic E-state index is 13.8. The van der Waals surface area contributed by atoms with Crippen LogP contribution in [0.2, 0.25) is 5.02 Å². The molecule has 0 amide bonds. The standard InChI is InChI=1S/C13H17ClFN/c1-3-12-9(7-8(2)16-12)13-10(14)5-4-6-11(13)15/h4-6,8-9,12,16H,3,7H2,1-2H3. The number of hydrogen-bond donors (Lipinski definition) is 1. The topological polar surface area (TPSA) is 12.0 Å². The third-order valence-corrected chi connectivity index (χ3v) is 3.73. The lowest BCUT2D eigenvalue weighted by molar-refractivity contribution is 0.499. The highest BCUT2D eigenvalue weighted by atomic mass is 35.5. The van der Waals surface area contributed by atoms with Crippen LogP contribution in [0, 0.1) is 5.82 Å². The molecule has 2 rings (SSSR count). The van der Waals surface area contributed by atoms with Gasteiger partial charge in [-0.3, -0.25) is 0 Å². The fourth-order valence-electron chi connectivity index (χ4n) is 2.68. The Hall–Kier alpha value is -0.600. The van der Waals surface area contributed by atoms with Crippen molar-refractivity contribution in [3.8, 4) is 0 Å². The molecular formula is C13H17ClFN. The molecule has 3 atom stereocenters. The Morgan fingerprint density at radius 3 is 2.88 bits per heavy atom. The summed E-state index contributed by atoms with van der Waals surface area (Å²) in [6, 6.07) is 5.70. The summed E-state index contributed by atoms with van der Waals surface area (Å²) in [6.07, 6.45) is 1.96. The molecule has 0 saturated carbocycles. The minimum absolute atomic E-state index is 0.174. The highest BCUT2D eigenvalue weighted by Crippen LogP contribution is 2.37. The molecule has 1 aromatic rings. The van der Waals surface area contributed by atoms with Crippen LogP contribution in [-0.4, -0.2) is 12.1 Å². The van der Waals surface area contributed by atoms with Gasteiger partial charge >= 0.3 is 0 Å². The summed E-state index contributed by atoms with van der Waals surface area (Å²) in [5, 5.41) is 4.04. The first kappa shape index (κ1) is 11.9. The molecule has 16 heavy (non-hydrogen) atoms. The second-order valence-electron chi connectivity index (χ2n) is 4.56. The van der Waals surface area contributed by atoms with Gasteiger partial charge in [-0.15, -0.1) is 0 Å². The molecule has 0 spiro atoms. The minimum Gasteiger partial charge on any atom is -0.311 e.